The highest BCUT2D eigenvalue weighted by Gasteiger charge is 2.51. The second-order valence-electron chi connectivity index (χ2n) is 7.82. The average molecular weight is 344 g/mol. The molecule has 1 aromatic rings. The van der Waals surface area contributed by atoms with E-state index in [-0.39, 0.29) is 30.7 Å². The zero-order chi connectivity index (χ0) is 18.2. The van der Waals surface area contributed by atoms with Crippen LogP contribution in [0.15, 0.2) is 24.3 Å². The number of amides is 3. The minimum absolute atomic E-state index is 0.117. The van der Waals surface area contributed by atoms with Crippen LogP contribution in [0.2, 0.25) is 0 Å². The number of rotatable bonds is 4. The van der Waals surface area contributed by atoms with Gasteiger partial charge in [0.05, 0.1) is 11.0 Å². The lowest BCUT2D eigenvalue weighted by molar-refractivity contribution is -0.128. The van der Waals surface area contributed by atoms with Gasteiger partial charge in [0.25, 0.3) is 5.91 Å². The predicted octanol–water partition coefficient (Wildman–Crippen LogP) is 1.27. The number of likely N-dealkylation sites (tertiary alicyclic amines) is 1. The number of nitrogens with one attached hydrogen (secondary N) is 1. The first-order valence-corrected chi connectivity index (χ1v) is 8.63. The maximum absolute atomic E-state index is 12.8. The number of imide groups is 1. The Kier molecular flexibility index (Phi) is 4.41. The van der Waals surface area contributed by atoms with Crippen molar-refractivity contribution < 1.29 is 19.5 Å². The van der Waals surface area contributed by atoms with E-state index in [4.69, 9.17) is 0 Å². The van der Waals surface area contributed by atoms with Crippen LogP contribution in [0, 0.1) is 5.41 Å². The lowest BCUT2D eigenvalue weighted by Crippen LogP contribution is -2.36. The van der Waals surface area contributed by atoms with Gasteiger partial charge in [-0.05, 0) is 50.8 Å². The lowest BCUT2D eigenvalue weighted by Gasteiger charge is -2.21. The van der Waals surface area contributed by atoms with Crippen molar-refractivity contribution in [3.63, 3.8) is 0 Å². The molecule has 0 bridgehead atoms. The summed E-state index contributed by atoms with van der Waals surface area (Å²) in [5, 5.41) is 12.2. The van der Waals surface area contributed by atoms with E-state index in [2.05, 4.69) is 5.32 Å². The number of benzene rings is 1. The molecule has 2 fully saturated rings. The number of hydrogen-bond donors (Lipinski definition) is 2. The number of carbonyl (C=O) groups excluding carboxylic acids is 3. The number of aliphatic hydroxyl groups is 1. The topological polar surface area (TPSA) is 86.7 Å². The van der Waals surface area contributed by atoms with Crippen LogP contribution in [0.5, 0.6) is 0 Å². The molecule has 1 atom stereocenters. The van der Waals surface area contributed by atoms with Crippen molar-refractivity contribution in [1.82, 2.24) is 10.2 Å². The Bertz CT molecular complexity index is 722. The normalized spacial score (nSPS) is 23.4. The van der Waals surface area contributed by atoms with Crippen LogP contribution in [-0.4, -0.2) is 46.4 Å². The molecule has 2 saturated heterocycles. The Morgan fingerprint density at radius 1 is 1.36 bits per heavy atom. The summed E-state index contributed by atoms with van der Waals surface area (Å²) >= 11 is 0. The van der Waals surface area contributed by atoms with Crippen LogP contribution in [-0.2, 0) is 16.0 Å². The summed E-state index contributed by atoms with van der Waals surface area (Å²) in [6.45, 7) is 4.30. The fourth-order valence-electron chi connectivity index (χ4n) is 3.56. The van der Waals surface area contributed by atoms with Crippen molar-refractivity contribution in [3.05, 3.63) is 35.4 Å². The maximum atomic E-state index is 12.8. The van der Waals surface area contributed by atoms with Gasteiger partial charge in [0.15, 0.2) is 0 Å². The molecule has 6 heteroatoms. The summed E-state index contributed by atoms with van der Waals surface area (Å²) in [5.41, 5.74) is 0.0836. The Balaban J connectivity index is 1.70. The molecule has 1 spiro atoms. The molecule has 3 rings (SSSR count). The number of carbonyl (C=O) groups is 3. The molecule has 2 aliphatic heterocycles. The highest BCUT2D eigenvalue weighted by atomic mass is 16.3. The fraction of sp³-hybridized carbons (Fsp3) is 0.526. The second kappa shape index (κ2) is 6.26. The molecular formula is C19H24N2O4. The first-order valence-electron chi connectivity index (χ1n) is 8.63. The standard InChI is InChI=1S/C19H24N2O4/c1-18(2,25)7-6-13-4-3-5-14(10-13)16(23)21-9-8-19(12-21)11-15(22)20-17(19)24/h3-5,10,25H,6-9,11-12H2,1-2H3,(H,20,22,24). The molecule has 6 nitrogen and oxygen atoms in total. The number of aryl methyl sites for hydroxylation is 1. The van der Waals surface area contributed by atoms with Crippen LogP contribution in [0.3, 0.4) is 0 Å². The summed E-state index contributed by atoms with van der Waals surface area (Å²) in [6.07, 6.45) is 1.99. The summed E-state index contributed by atoms with van der Waals surface area (Å²) < 4.78 is 0. The van der Waals surface area contributed by atoms with Gasteiger partial charge in [0, 0.05) is 25.1 Å². The summed E-state index contributed by atoms with van der Waals surface area (Å²) in [7, 11) is 0. The number of nitrogens with zero attached hydrogens (tertiary/aromatic N) is 1. The van der Waals surface area contributed by atoms with Gasteiger partial charge in [0.2, 0.25) is 11.8 Å². The summed E-state index contributed by atoms with van der Waals surface area (Å²) in [5.74, 6) is -0.631. The van der Waals surface area contributed by atoms with Gasteiger partial charge < -0.3 is 10.0 Å². The molecule has 2 aliphatic rings. The lowest BCUT2D eigenvalue weighted by atomic mass is 9.85. The second-order valence-corrected chi connectivity index (χ2v) is 7.82. The van der Waals surface area contributed by atoms with Gasteiger partial charge >= 0.3 is 0 Å². The maximum Gasteiger partial charge on any atom is 0.253 e. The molecule has 0 aliphatic carbocycles. The molecule has 134 valence electrons. The van der Waals surface area contributed by atoms with Crippen molar-refractivity contribution in [2.45, 2.75) is 45.1 Å². The zero-order valence-electron chi connectivity index (χ0n) is 14.7. The van der Waals surface area contributed by atoms with E-state index in [1.165, 1.54) is 0 Å². The largest absolute Gasteiger partial charge is 0.390 e. The smallest absolute Gasteiger partial charge is 0.253 e. The van der Waals surface area contributed by atoms with E-state index in [1.54, 1.807) is 24.8 Å². The van der Waals surface area contributed by atoms with Gasteiger partial charge in [-0.3, -0.25) is 19.7 Å². The first-order chi connectivity index (χ1) is 11.7. The number of hydrogen-bond acceptors (Lipinski definition) is 4. The minimum atomic E-state index is -0.746. The van der Waals surface area contributed by atoms with E-state index in [0.29, 0.717) is 31.4 Å². The Hall–Kier alpha value is -2.21. The van der Waals surface area contributed by atoms with E-state index in [9.17, 15) is 19.5 Å². The molecular weight excluding hydrogens is 320 g/mol. The third-order valence-electron chi connectivity index (χ3n) is 5.07. The molecule has 0 saturated carbocycles. The molecule has 1 unspecified atom stereocenters. The van der Waals surface area contributed by atoms with Crippen LogP contribution >= 0.6 is 0 Å². The minimum Gasteiger partial charge on any atom is -0.390 e. The van der Waals surface area contributed by atoms with Crippen LogP contribution in [0.25, 0.3) is 0 Å². The van der Waals surface area contributed by atoms with E-state index in [1.807, 2.05) is 18.2 Å². The SMILES string of the molecule is CC(C)(O)CCc1cccc(C(=O)N2CCC3(CC(=O)NC3=O)C2)c1. The van der Waals surface area contributed by atoms with Gasteiger partial charge in [-0.1, -0.05) is 12.1 Å². The van der Waals surface area contributed by atoms with Crippen molar-refractivity contribution >= 4 is 17.7 Å². The van der Waals surface area contributed by atoms with Gasteiger partial charge in [-0.15, -0.1) is 0 Å². The van der Waals surface area contributed by atoms with Crippen molar-refractivity contribution in [1.29, 1.82) is 0 Å². The highest BCUT2D eigenvalue weighted by molar-refractivity contribution is 6.06. The monoisotopic (exact) mass is 344 g/mol. The molecule has 25 heavy (non-hydrogen) atoms. The first kappa shape index (κ1) is 17.6. The Morgan fingerprint density at radius 3 is 2.76 bits per heavy atom. The Morgan fingerprint density at radius 2 is 2.12 bits per heavy atom. The van der Waals surface area contributed by atoms with Crippen LogP contribution < -0.4 is 5.32 Å². The Labute approximate surface area is 147 Å². The van der Waals surface area contributed by atoms with Gasteiger partial charge in [-0.2, -0.15) is 0 Å². The van der Waals surface area contributed by atoms with E-state index >= 15 is 0 Å². The fourth-order valence-corrected chi connectivity index (χ4v) is 3.56. The molecule has 0 aromatic heterocycles. The van der Waals surface area contributed by atoms with Crippen molar-refractivity contribution in [2.24, 2.45) is 5.41 Å². The zero-order valence-corrected chi connectivity index (χ0v) is 14.7. The van der Waals surface area contributed by atoms with E-state index in [0.717, 1.165) is 5.56 Å². The van der Waals surface area contributed by atoms with Gasteiger partial charge in [0.1, 0.15) is 0 Å². The average Bonchev–Trinajstić information content (AvgIpc) is 3.08. The highest BCUT2D eigenvalue weighted by Crippen LogP contribution is 2.38. The van der Waals surface area contributed by atoms with Crippen molar-refractivity contribution in [3.8, 4) is 0 Å². The molecule has 2 N–H and O–H groups in total. The quantitative estimate of drug-likeness (QED) is 0.806. The van der Waals surface area contributed by atoms with E-state index < -0.39 is 11.0 Å². The molecule has 0 radical (unpaired) electrons. The third kappa shape index (κ3) is 3.74. The third-order valence-corrected chi connectivity index (χ3v) is 5.07. The van der Waals surface area contributed by atoms with Crippen LogP contribution in [0.1, 0.15) is 49.0 Å². The summed E-state index contributed by atoms with van der Waals surface area (Å²) in [4.78, 5) is 38.0. The predicted molar refractivity (Wildman–Crippen MR) is 91.8 cm³/mol. The van der Waals surface area contributed by atoms with Crippen LogP contribution in [0.4, 0.5) is 0 Å². The molecule has 3 amide bonds. The van der Waals surface area contributed by atoms with Gasteiger partial charge in [-0.25, -0.2) is 0 Å². The summed E-state index contributed by atoms with van der Waals surface area (Å²) in [6, 6.07) is 7.39. The molecule has 1 aromatic carbocycles. The molecule has 2 heterocycles. The van der Waals surface area contributed by atoms with Crippen molar-refractivity contribution in [2.75, 3.05) is 13.1 Å².